The van der Waals surface area contributed by atoms with E-state index in [1.807, 2.05) is 13.0 Å². The van der Waals surface area contributed by atoms with Crippen molar-refractivity contribution < 1.29 is 14.0 Å². The van der Waals surface area contributed by atoms with Crippen molar-refractivity contribution in [3.8, 4) is 5.75 Å². The van der Waals surface area contributed by atoms with Crippen molar-refractivity contribution in [2.24, 2.45) is 0 Å². The topological polar surface area (TPSA) is 35.5 Å². The SMILES string of the molecule is CCOC(=O)/C=C1/CCCc2c(O[Si](C)(C)C(C)(C)C)cccc21. The van der Waals surface area contributed by atoms with Gasteiger partial charge < -0.3 is 9.16 Å². The van der Waals surface area contributed by atoms with Crippen LogP contribution in [-0.2, 0) is 16.0 Å². The first-order valence-electron chi connectivity index (χ1n) is 8.84. The monoisotopic (exact) mass is 346 g/mol. The van der Waals surface area contributed by atoms with Crippen molar-refractivity contribution in [2.75, 3.05) is 6.61 Å². The molecule has 1 aromatic carbocycles. The number of esters is 1. The second-order valence-electron chi connectivity index (χ2n) is 7.92. The van der Waals surface area contributed by atoms with Gasteiger partial charge in [0.15, 0.2) is 0 Å². The highest BCUT2D eigenvalue weighted by molar-refractivity contribution is 6.74. The van der Waals surface area contributed by atoms with Crippen LogP contribution in [0.2, 0.25) is 18.1 Å². The molecule has 0 aromatic heterocycles. The summed E-state index contributed by atoms with van der Waals surface area (Å²) in [5.74, 6) is 0.740. The molecule has 0 amide bonds. The van der Waals surface area contributed by atoms with Crippen LogP contribution in [0.25, 0.3) is 5.57 Å². The molecule has 4 heteroatoms. The van der Waals surface area contributed by atoms with Crippen LogP contribution >= 0.6 is 0 Å². The van der Waals surface area contributed by atoms with Gasteiger partial charge in [0.05, 0.1) is 6.61 Å². The third-order valence-electron chi connectivity index (χ3n) is 5.10. The lowest BCUT2D eigenvalue weighted by molar-refractivity contribution is -0.137. The van der Waals surface area contributed by atoms with E-state index in [4.69, 9.17) is 9.16 Å². The molecule has 0 atom stereocenters. The number of rotatable bonds is 4. The summed E-state index contributed by atoms with van der Waals surface area (Å²) in [6, 6.07) is 6.20. The van der Waals surface area contributed by atoms with Gasteiger partial charge in [-0.05, 0) is 61.5 Å². The van der Waals surface area contributed by atoms with Crippen molar-refractivity contribution in [1.82, 2.24) is 0 Å². The highest BCUT2D eigenvalue weighted by Gasteiger charge is 2.39. The van der Waals surface area contributed by atoms with Crippen LogP contribution in [0.15, 0.2) is 24.3 Å². The Kier molecular flexibility index (Phi) is 5.58. The number of benzene rings is 1. The average molecular weight is 347 g/mol. The molecule has 0 spiro atoms. The Hall–Kier alpha value is -1.55. The lowest BCUT2D eigenvalue weighted by atomic mass is 9.86. The summed E-state index contributed by atoms with van der Waals surface area (Å²) in [5, 5.41) is 0.161. The van der Waals surface area contributed by atoms with E-state index in [1.54, 1.807) is 6.08 Å². The van der Waals surface area contributed by atoms with Crippen molar-refractivity contribution in [3.63, 3.8) is 0 Å². The molecule has 0 saturated heterocycles. The van der Waals surface area contributed by atoms with E-state index >= 15 is 0 Å². The molecule has 24 heavy (non-hydrogen) atoms. The third-order valence-corrected chi connectivity index (χ3v) is 9.44. The maximum absolute atomic E-state index is 11.8. The molecule has 0 heterocycles. The summed E-state index contributed by atoms with van der Waals surface area (Å²) in [6.07, 6.45) is 4.60. The zero-order valence-corrected chi connectivity index (χ0v) is 16.9. The van der Waals surface area contributed by atoms with Crippen LogP contribution in [0.5, 0.6) is 5.75 Å². The molecule has 0 N–H and O–H groups in total. The lowest BCUT2D eigenvalue weighted by Crippen LogP contribution is -2.44. The van der Waals surface area contributed by atoms with Gasteiger partial charge in [0.1, 0.15) is 5.75 Å². The fraction of sp³-hybridized carbons (Fsp3) is 0.550. The Morgan fingerprint density at radius 2 is 1.96 bits per heavy atom. The summed E-state index contributed by atoms with van der Waals surface area (Å²) in [7, 11) is -1.88. The van der Waals surface area contributed by atoms with Gasteiger partial charge in [0, 0.05) is 11.6 Å². The number of ether oxygens (including phenoxy) is 1. The lowest BCUT2D eigenvalue weighted by Gasteiger charge is -2.37. The number of hydrogen-bond donors (Lipinski definition) is 0. The maximum atomic E-state index is 11.8. The summed E-state index contributed by atoms with van der Waals surface area (Å²) in [4.78, 5) is 11.8. The molecule has 0 unspecified atom stereocenters. The minimum absolute atomic E-state index is 0.161. The quantitative estimate of drug-likeness (QED) is 0.418. The van der Waals surface area contributed by atoms with Crippen LogP contribution in [0.1, 0.15) is 51.7 Å². The fourth-order valence-electron chi connectivity index (χ4n) is 2.71. The van der Waals surface area contributed by atoms with E-state index in [0.29, 0.717) is 6.61 Å². The Labute approximate surface area is 147 Å². The van der Waals surface area contributed by atoms with Gasteiger partial charge >= 0.3 is 5.97 Å². The highest BCUT2D eigenvalue weighted by Crippen LogP contribution is 2.41. The number of carbonyl (C=O) groups excluding carboxylic acids is 1. The highest BCUT2D eigenvalue weighted by atomic mass is 28.4. The van der Waals surface area contributed by atoms with E-state index in [2.05, 4.69) is 46.0 Å². The molecule has 0 fully saturated rings. The standard InChI is InChI=1S/C20H30O3Si/c1-7-22-19(21)14-15-10-8-12-17-16(15)11-9-13-18(17)23-24(5,6)20(2,3)4/h9,11,13-14H,7-8,10,12H2,1-6H3/b15-14-. The first-order chi connectivity index (χ1) is 11.2. The van der Waals surface area contributed by atoms with E-state index in [-0.39, 0.29) is 11.0 Å². The number of hydrogen-bond acceptors (Lipinski definition) is 3. The molecule has 0 saturated carbocycles. The predicted octanol–water partition coefficient (Wildman–Crippen LogP) is 5.35. The fourth-order valence-corrected chi connectivity index (χ4v) is 3.76. The van der Waals surface area contributed by atoms with E-state index in [0.717, 1.165) is 36.1 Å². The normalized spacial score (nSPS) is 16.7. The van der Waals surface area contributed by atoms with E-state index < -0.39 is 8.32 Å². The van der Waals surface area contributed by atoms with Crippen molar-refractivity contribution in [3.05, 3.63) is 35.4 Å². The van der Waals surface area contributed by atoms with Gasteiger partial charge in [0.25, 0.3) is 0 Å². The van der Waals surface area contributed by atoms with Gasteiger partial charge in [-0.15, -0.1) is 0 Å². The number of fused-ring (bicyclic) bond motifs is 1. The van der Waals surface area contributed by atoms with Crippen LogP contribution in [-0.4, -0.2) is 20.9 Å². The molecule has 1 aliphatic carbocycles. The first-order valence-corrected chi connectivity index (χ1v) is 11.7. The molecule has 0 bridgehead atoms. The van der Waals surface area contributed by atoms with Crippen LogP contribution in [0, 0.1) is 0 Å². The summed E-state index contributed by atoms with van der Waals surface area (Å²) in [6.45, 7) is 13.5. The second kappa shape index (κ2) is 7.14. The third kappa shape index (κ3) is 4.10. The number of carbonyl (C=O) groups is 1. The molecule has 0 radical (unpaired) electrons. The smallest absolute Gasteiger partial charge is 0.331 e. The molecular weight excluding hydrogens is 316 g/mol. The Morgan fingerprint density at radius 1 is 1.25 bits per heavy atom. The summed E-state index contributed by atoms with van der Waals surface area (Å²) < 4.78 is 11.6. The molecule has 1 aromatic rings. The predicted molar refractivity (Wildman–Crippen MR) is 102 cm³/mol. The Bertz CT molecular complexity index is 639. The van der Waals surface area contributed by atoms with E-state index in [1.165, 1.54) is 5.56 Å². The zero-order valence-electron chi connectivity index (χ0n) is 15.9. The molecule has 1 aliphatic rings. The van der Waals surface area contributed by atoms with Gasteiger partial charge in [-0.25, -0.2) is 4.79 Å². The molecule has 132 valence electrons. The average Bonchev–Trinajstić information content (AvgIpc) is 2.47. The van der Waals surface area contributed by atoms with Gasteiger partial charge in [-0.2, -0.15) is 0 Å². The van der Waals surface area contributed by atoms with Crippen LogP contribution in [0.4, 0.5) is 0 Å². The maximum Gasteiger partial charge on any atom is 0.331 e. The summed E-state index contributed by atoms with van der Waals surface area (Å²) in [5.41, 5.74) is 3.45. The van der Waals surface area contributed by atoms with Gasteiger partial charge in [-0.3, -0.25) is 0 Å². The number of allylic oxidation sites excluding steroid dienone is 1. The largest absolute Gasteiger partial charge is 0.543 e. The van der Waals surface area contributed by atoms with Crippen LogP contribution in [0.3, 0.4) is 0 Å². The minimum atomic E-state index is -1.88. The first kappa shape index (κ1) is 18.8. The zero-order chi connectivity index (χ0) is 18.0. The van der Waals surface area contributed by atoms with Crippen LogP contribution < -0.4 is 4.43 Å². The molecule has 0 aliphatic heterocycles. The Balaban J connectivity index is 2.38. The molecule has 2 rings (SSSR count). The van der Waals surface area contributed by atoms with Gasteiger partial charge in [-0.1, -0.05) is 32.9 Å². The Morgan fingerprint density at radius 3 is 2.58 bits per heavy atom. The molecule has 3 nitrogen and oxygen atoms in total. The van der Waals surface area contributed by atoms with Gasteiger partial charge in [0.2, 0.25) is 8.32 Å². The van der Waals surface area contributed by atoms with Crippen molar-refractivity contribution in [1.29, 1.82) is 0 Å². The van der Waals surface area contributed by atoms with Crippen molar-refractivity contribution >= 4 is 19.9 Å². The van der Waals surface area contributed by atoms with Crippen molar-refractivity contribution in [2.45, 2.75) is 65.1 Å². The molecular formula is C20H30O3Si. The minimum Gasteiger partial charge on any atom is -0.543 e. The van der Waals surface area contributed by atoms with E-state index in [9.17, 15) is 4.79 Å². The second-order valence-corrected chi connectivity index (χ2v) is 12.6. The summed E-state index contributed by atoms with van der Waals surface area (Å²) >= 11 is 0.